The molecule has 0 radical (unpaired) electrons. The van der Waals surface area contributed by atoms with Crippen molar-refractivity contribution >= 4 is 46.3 Å². The number of halogens is 1. The summed E-state index contributed by atoms with van der Waals surface area (Å²) in [5, 5.41) is 13.0. The quantitative estimate of drug-likeness (QED) is 0.389. The molecule has 2 aromatic carbocycles. The molecule has 0 saturated heterocycles. The Balaban J connectivity index is 1.79. The monoisotopic (exact) mass is 467 g/mol. The molecule has 3 aromatic rings. The first-order valence-electron chi connectivity index (χ1n) is 9.80. The van der Waals surface area contributed by atoms with Crippen molar-refractivity contribution in [2.24, 2.45) is 0 Å². The number of amides is 1. The van der Waals surface area contributed by atoms with Crippen molar-refractivity contribution in [3.8, 4) is 0 Å². The molecule has 1 amide bonds. The molecule has 1 N–H and O–H groups in total. The second kappa shape index (κ2) is 8.98. The van der Waals surface area contributed by atoms with E-state index in [9.17, 15) is 19.5 Å². The maximum atomic E-state index is 13.2. The summed E-state index contributed by atoms with van der Waals surface area (Å²) in [6.07, 6.45) is 0. The third-order valence-corrected chi connectivity index (χ3v) is 6.16. The highest BCUT2D eigenvalue weighted by Crippen LogP contribution is 2.42. The zero-order valence-corrected chi connectivity index (χ0v) is 18.5. The molecule has 1 aliphatic heterocycles. The van der Waals surface area contributed by atoms with Gasteiger partial charge in [0.05, 0.1) is 28.7 Å². The van der Waals surface area contributed by atoms with Gasteiger partial charge in [0, 0.05) is 10.7 Å². The molecule has 8 heteroatoms. The molecule has 0 aliphatic carbocycles. The van der Waals surface area contributed by atoms with Crippen molar-refractivity contribution in [3.63, 3.8) is 0 Å². The van der Waals surface area contributed by atoms with Crippen LogP contribution in [0.2, 0.25) is 5.02 Å². The first-order chi connectivity index (χ1) is 15.4. The topological polar surface area (TPSA) is 83.9 Å². The number of ether oxygens (including phenoxy) is 1. The molecule has 1 aliphatic rings. The zero-order valence-electron chi connectivity index (χ0n) is 16.9. The molecule has 162 valence electrons. The highest BCUT2D eigenvalue weighted by Gasteiger charge is 2.44. The number of rotatable bonds is 6. The average Bonchev–Trinajstić information content (AvgIpc) is 3.42. The lowest BCUT2D eigenvalue weighted by Crippen LogP contribution is -2.31. The molecule has 0 fully saturated rings. The molecule has 4 rings (SSSR count). The fourth-order valence-electron chi connectivity index (χ4n) is 3.58. The number of benzene rings is 2. The summed E-state index contributed by atoms with van der Waals surface area (Å²) in [5.74, 6) is -2.20. The normalized spacial score (nSPS) is 15.9. The van der Waals surface area contributed by atoms with Crippen LogP contribution in [0.1, 0.15) is 38.6 Å². The summed E-state index contributed by atoms with van der Waals surface area (Å²) in [6.45, 7) is 1.96. The second-order valence-corrected chi connectivity index (χ2v) is 8.35. The van der Waals surface area contributed by atoms with E-state index in [0.29, 0.717) is 26.7 Å². The molecular weight excluding hydrogens is 450 g/mol. The molecule has 6 nitrogen and oxygen atoms in total. The first-order valence-corrected chi connectivity index (χ1v) is 11.1. The van der Waals surface area contributed by atoms with Crippen LogP contribution in [0.3, 0.4) is 0 Å². The van der Waals surface area contributed by atoms with Crippen LogP contribution in [0.4, 0.5) is 5.69 Å². The van der Waals surface area contributed by atoms with E-state index >= 15 is 0 Å². The van der Waals surface area contributed by atoms with Crippen LogP contribution in [0.25, 0.3) is 0 Å². The van der Waals surface area contributed by atoms with E-state index in [-0.39, 0.29) is 12.2 Å². The predicted molar refractivity (Wildman–Crippen MR) is 122 cm³/mol. The lowest BCUT2D eigenvalue weighted by Gasteiger charge is -2.27. The van der Waals surface area contributed by atoms with Gasteiger partial charge < -0.3 is 9.84 Å². The number of aliphatic hydroxyl groups is 1. The van der Waals surface area contributed by atoms with E-state index in [0.717, 1.165) is 0 Å². The fraction of sp³-hybridized carbons (Fsp3) is 0.125. The minimum absolute atomic E-state index is 0.00533. The van der Waals surface area contributed by atoms with Crippen molar-refractivity contribution in [1.82, 2.24) is 0 Å². The Morgan fingerprint density at radius 3 is 2.38 bits per heavy atom. The zero-order chi connectivity index (χ0) is 22.8. The predicted octanol–water partition coefficient (Wildman–Crippen LogP) is 5.36. The first kappa shape index (κ1) is 21.8. The van der Waals surface area contributed by atoms with Crippen LogP contribution >= 0.6 is 22.9 Å². The lowest BCUT2D eigenvalue weighted by atomic mass is 9.95. The molecule has 0 saturated carbocycles. The van der Waals surface area contributed by atoms with E-state index in [4.69, 9.17) is 16.3 Å². The van der Waals surface area contributed by atoms with Gasteiger partial charge in [0.15, 0.2) is 5.76 Å². The van der Waals surface area contributed by atoms with E-state index < -0.39 is 29.5 Å². The maximum Gasteiger partial charge on any atom is 0.338 e. The van der Waals surface area contributed by atoms with Gasteiger partial charge in [0.1, 0.15) is 0 Å². The minimum atomic E-state index is -0.859. The van der Waals surface area contributed by atoms with E-state index in [1.165, 1.54) is 28.4 Å². The highest BCUT2D eigenvalue weighted by atomic mass is 35.5. The fourth-order valence-corrected chi connectivity index (χ4v) is 4.38. The summed E-state index contributed by atoms with van der Waals surface area (Å²) < 4.78 is 5.00. The molecule has 32 heavy (non-hydrogen) atoms. The van der Waals surface area contributed by atoms with Gasteiger partial charge in [0.25, 0.3) is 5.91 Å². The van der Waals surface area contributed by atoms with Gasteiger partial charge in [-0.05, 0) is 60.3 Å². The number of aliphatic hydroxyl groups excluding tert-OH is 1. The molecular formula is C24H18ClNO5S. The Kier molecular flexibility index (Phi) is 6.12. The number of carbonyl (C=O) groups is 3. The van der Waals surface area contributed by atoms with Gasteiger partial charge >= 0.3 is 5.97 Å². The number of nitrogens with zero attached hydrogens (tertiary/aromatic N) is 1. The smallest absolute Gasteiger partial charge is 0.338 e. The molecule has 0 bridgehead atoms. The Bertz CT molecular complexity index is 1200. The van der Waals surface area contributed by atoms with Crippen LogP contribution < -0.4 is 4.90 Å². The summed E-state index contributed by atoms with van der Waals surface area (Å²) in [5.41, 5.74) is 1.36. The summed E-state index contributed by atoms with van der Waals surface area (Å²) in [6, 6.07) is 15.5. The second-order valence-electron chi connectivity index (χ2n) is 6.97. The third-order valence-electron chi connectivity index (χ3n) is 5.04. The van der Waals surface area contributed by atoms with E-state index in [1.54, 1.807) is 60.8 Å². The minimum Gasteiger partial charge on any atom is -0.503 e. The van der Waals surface area contributed by atoms with E-state index in [2.05, 4.69) is 0 Å². The maximum absolute atomic E-state index is 13.2. The number of esters is 1. The van der Waals surface area contributed by atoms with Crippen molar-refractivity contribution in [2.75, 3.05) is 11.5 Å². The van der Waals surface area contributed by atoms with Gasteiger partial charge in [-0.2, -0.15) is 0 Å². The number of hydrogen-bond donors (Lipinski definition) is 1. The Hall–Kier alpha value is -3.42. The van der Waals surface area contributed by atoms with Crippen LogP contribution in [-0.2, 0) is 9.53 Å². The van der Waals surface area contributed by atoms with Crippen LogP contribution in [-0.4, -0.2) is 29.4 Å². The number of Topliss-reactive ketones (excluding diaryl/α,β-unsaturated/α-hetero) is 1. The molecule has 1 atom stereocenters. The van der Waals surface area contributed by atoms with E-state index in [1.807, 2.05) is 0 Å². The highest BCUT2D eigenvalue weighted by molar-refractivity contribution is 7.12. The van der Waals surface area contributed by atoms with Crippen molar-refractivity contribution in [1.29, 1.82) is 0 Å². The van der Waals surface area contributed by atoms with Gasteiger partial charge in [-0.25, -0.2) is 4.79 Å². The van der Waals surface area contributed by atoms with Crippen molar-refractivity contribution in [3.05, 3.63) is 98.4 Å². The van der Waals surface area contributed by atoms with Gasteiger partial charge in [-0.15, -0.1) is 11.3 Å². The molecule has 0 spiro atoms. The van der Waals surface area contributed by atoms with Crippen molar-refractivity contribution in [2.45, 2.75) is 13.0 Å². The van der Waals surface area contributed by atoms with Gasteiger partial charge in [0.2, 0.25) is 5.78 Å². The summed E-state index contributed by atoms with van der Waals surface area (Å²) >= 11 is 7.26. The Morgan fingerprint density at radius 1 is 1.09 bits per heavy atom. The Morgan fingerprint density at radius 2 is 1.78 bits per heavy atom. The summed E-state index contributed by atoms with van der Waals surface area (Å²) in [7, 11) is 0. The Labute approximate surface area is 193 Å². The lowest BCUT2D eigenvalue weighted by molar-refractivity contribution is -0.117. The van der Waals surface area contributed by atoms with Gasteiger partial charge in [-0.1, -0.05) is 29.8 Å². The van der Waals surface area contributed by atoms with Gasteiger partial charge in [-0.3, -0.25) is 14.5 Å². The largest absolute Gasteiger partial charge is 0.503 e. The number of thiophene rings is 1. The summed E-state index contributed by atoms with van der Waals surface area (Å²) in [4.78, 5) is 40.1. The molecule has 1 aromatic heterocycles. The average molecular weight is 468 g/mol. The van der Waals surface area contributed by atoms with Crippen LogP contribution in [0.5, 0.6) is 0 Å². The third kappa shape index (κ3) is 3.92. The van der Waals surface area contributed by atoms with Crippen LogP contribution in [0.15, 0.2) is 77.4 Å². The number of ketones is 1. The number of anilines is 1. The van der Waals surface area contributed by atoms with Crippen molar-refractivity contribution < 1.29 is 24.2 Å². The van der Waals surface area contributed by atoms with Crippen LogP contribution in [0, 0.1) is 0 Å². The molecule has 0 unspecified atom stereocenters. The standard InChI is InChI=1S/C24H18ClNO5S/c1-2-31-24(30)15-7-11-17(12-8-15)26-20(14-5-9-16(25)10-6-14)19(22(28)23(26)29)21(27)18-4-3-13-32-18/h3-13,20,28H,2H2,1H3/t20-/m1/s1. The SMILES string of the molecule is CCOC(=O)c1ccc(N2C(=O)C(O)=C(C(=O)c3cccs3)[C@H]2c2ccc(Cl)cc2)cc1. The number of carbonyl (C=O) groups excluding carboxylic acids is 3. The number of hydrogen-bond acceptors (Lipinski definition) is 6. The molecule has 2 heterocycles.